The third kappa shape index (κ3) is 2.66. The van der Waals surface area contributed by atoms with E-state index in [2.05, 4.69) is 0 Å². The molecule has 0 spiro atoms. The molecule has 0 aliphatic heterocycles. The van der Waals surface area contributed by atoms with Crippen LogP contribution in [-0.4, -0.2) is 17.5 Å². The molecular weight excluding hydrogens is 172 g/mol. The molecule has 0 aromatic carbocycles. The van der Waals surface area contributed by atoms with Crippen molar-refractivity contribution in [2.45, 2.75) is 63.8 Å². The minimum Gasteiger partial charge on any atom is -0.310 e. The smallest absolute Gasteiger partial charge is 0.0499 e. The first kappa shape index (κ1) is 9.88. The van der Waals surface area contributed by atoms with Gasteiger partial charge < -0.3 is 5.41 Å². The van der Waals surface area contributed by atoms with Gasteiger partial charge in [0.1, 0.15) is 0 Å². The molecule has 0 unspecified atom stereocenters. The van der Waals surface area contributed by atoms with E-state index in [0.717, 1.165) is 31.4 Å². The fourth-order valence-electron chi connectivity index (χ4n) is 2.44. The maximum atomic E-state index is 7.54. The van der Waals surface area contributed by atoms with Gasteiger partial charge in [0.15, 0.2) is 0 Å². The van der Waals surface area contributed by atoms with Crippen molar-refractivity contribution in [3.05, 3.63) is 0 Å². The van der Waals surface area contributed by atoms with Crippen molar-refractivity contribution in [3.8, 4) is 0 Å². The van der Waals surface area contributed by atoms with Crippen molar-refractivity contribution in [1.82, 2.24) is 0 Å². The molecule has 0 heterocycles. The van der Waals surface area contributed by atoms with E-state index in [0.29, 0.717) is 6.04 Å². The molecule has 2 heteroatoms. The summed E-state index contributed by atoms with van der Waals surface area (Å²) < 4.78 is 0. The Morgan fingerprint density at radius 2 is 1.57 bits per heavy atom. The molecule has 0 atom stereocenters. The predicted molar refractivity (Wildman–Crippen MR) is 60.5 cm³/mol. The van der Waals surface area contributed by atoms with Gasteiger partial charge in [0.25, 0.3) is 0 Å². The molecule has 0 radical (unpaired) electrons. The molecule has 0 saturated heterocycles. The van der Waals surface area contributed by atoms with Crippen molar-refractivity contribution in [1.29, 1.82) is 5.41 Å². The highest BCUT2D eigenvalue weighted by Gasteiger charge is 2.15. The summed E-state index contributed by atoms with van der Waals surface area (Å²) in [6, 6.07) is 0.631. The lowest BCUT2D eigenvalue weighted by Crippen LogP contribution is -2.17. The number of aliphatic imine (C=N–C) groups is 1. The maximum Gasteiger partial charge on any atom is 0.0499 e. The Morgan fingerprint density at radius 1 is 0.929 bits per heavy atom. The van der Waals surface area contributed by atoms with Crippen LogP contribution in [0.3, 0.4) is 0 Å². The van der Waals surface area contributed by atoms with Gasteiger partial charge in [-0.15, -0.1) is 0 Å². The summed E-state index contributed by atoms with van der Waals surface area (Å²) in [5.74, 6) is 0. The first-order valence-electron chi connectivity index (χ1n) is 5.96. The Bertz CT molecular complexity index is 225. The highest BCUT2D eigenvalue weighted by Crippen LogP contribution is 2.22. The molecule has 2 nitrogen and oxygen atoms in total. The van der Waals surface area contributed by atoms with Crippen LogP contribution in [0.5, 0.6) is 0 Å². The summed E-state index contributed by atoms with van der Waals surface area (Å²) in [5.41, 5.74) is 2.32. The van der Waals surface area contributed by atoms with Crippen LogP contribution in [-0.2, 0) is 0 Å². The molecule has 78 valence electrons. The van der Waals surface area contributed by atoms with E-state index in [1.165, 1.54) is 37.8 Å². The predicted octanol–water partition coefficient (Wildman–Crippen LogP) is 3.35. The third-order valence-corrected chi connectivity index (χ3v) is 3.37. The van der Waals surface area contributed by atoms with Gasteiger partial charge in [-0.2, -0.15) is 0 Å². The van der Waals surface area contributed by atoms with Gasteiger partial charge in [-0.05, 0) is 38.5 Å². The molecule has 2 aliphatic rings. The zero-order valence-corrected chi connectivity index (χ0v) is 8.89. The Kier molecular flexibility index (Phi) is 3.33. The largest absolute Gasteiger partial charge is 0.310 e. The summed E-state index contributed by atoms with van der Waals surface area (Å²) in [5, 5.41) is 7.54. The maximum absolute atomic E-state index is 7.54. The zero-order chi connectivity index (χ0) is 9.80. The molecule has 1 N–H and O–H groups in total. The van der Waals surface area contributed by atoms with E-state index >= 15 is 0 Å². The lowest BCUT2D eigenvalue weighted by atomic mass is 9.93. The number of nitrogens with zero attached hydrogens (tertiary/aromatic N) is 1. The number of hydrogen-bond donors (Lipinski definition) is 1. The molecule has 14 heavy (non-hydrogen) atoms. The molecule has 2 saturated carbocycles. The lowest BCUT2D eigenvalue weighted by molar-refractivity contribution is 0.442. The number of nitrogens with one attached hydrogen (secondary N) is 1. The second kappa shape index (κ2) is 4.72. The minimum atomic E-state index is 0.631. The monoisotopic (exact) mass is 192 g/mol. The van der Waals surface area contributed by atoms with Crippen LogP contribution in [0, 0.1) is 5.41 Å². The van der Waals surface area contributed by atoms with Gasteiger partial charge in [-0.25, -0.2) is 0 Å². The Balaban J connectivity index is 1.86. The van der Waals surface area contributed by atoms with Crippen molar-refractivity contribution in [2.24, 2.45) is 4.99 Å². The van der Waals surface area contributed by atoms with E-state index in [9.17, 15) is 0 Å². The van der Waals surface area contributed by atoms with Crippen LogP contribution in [0.25, 0.3) is 0 Å². The Hall–Kier alpha value is -0.660. The SMILES string of the molecule is N=C1CCC(=NC2CCCCC2)CC1. The molecule has 2 aliphatic carbocycles. The van der Waals surface area contributed by atoms with Gasteiger partial charge in [-0.1, -0.05) is 19.3 Å². The van der Waals surface area contributed by atoms with Crippen molar-refractivity contribution in [3.63, 3.8) is 0 Å². The van der Waals surface area contributed by atoms with Crippen molar-refractivity contribution < 1.29 is 0 Å². The zero-order valence-electron chi connectivity index (χ0n) is 8.89. The first-order chi connectivity index (χ1) is 6.84. The molecule has 0 aromatic rings. The summed E-state index contributed by atoms with van der Waals surface area (Å²) >= 11 is 0. The highest BCUT2D eigenvalue weighted by atomic mass is 14.8. The van der Waals surface area contributed by atoms with E-state index in [4.69, 9.17) is 10.4 Å². The average molecular weight is 192 g/mol. The summed E-state index contributed by atoms with van der Waals surface area (Å²) in [4.78, 5) is 4.85. The first-order valence-corrected chi connectivity index (χ1v) is 5.96. The molecule has 2 fully saturated rings. The van der Waals surface area contributed by atoms with Gasteiger partial charge in [0.2, 0.25) is 0 Å². The second-order valence-electron chi connectivity index (χ2n) is 4.59. The normalized spacial score (nSPS) is 25.1. The molecular formula is C12H20N2. The quantitative estimate of drug-likeness (QED) is 0.661. The van der Waals surface area contributed by atoms with Gasteiger partial charge >= 0.3 is 0 Å². The van der Waals surface area contributed by atoms with Gasteiger partial charge in [-0.3, -0.25) is 4.99 Å². The third-order valence-electron chi connectivity index (χ3n) is 3.37. The van der Waals surface area contributed by atoms with E-state index in [-0.39, 0.29) is 0 Å². The van der Waals surface area contributed by atoms with Crippen LogP contribution in [0.1, 0.15) is 57.8 Å². The van der Waals surface area contributed by atoms with Crippen LogP contribution >= 0.6 is 0 Å². The Morgan fingerprint density at radius 3 is 2.21 bits per heavy atom. The number of rotatable bonds is 1. The van der Waals surface area contributed by atoms with E-state index in [1.54, 1.807) is 0 Å². The average Bonchev–Trinajstić information content (AvgIpc) is 2.23. The molecule has 0 bridgehead atoms. The highest BCUT2D eigenvalue weighted by molar-refractivity contribution is 5.96. The number of hydrogen-bond acceptors (Lipinski definition) is 2. The molecule has 0 aromatic heterocycles. The fourth-order valence-corrected chi connectivity index (χ4v) is 2.44. The lowest BCUT2D eigenvalue weighted by Gasteiger charge is -2.21. The van der Waals surface area contributed by atoms with Crippen LogP contribution in [0.2, 0.25) is 0 Å². The fraction of sp³-hybridized carbons (Fsp3) is 0.833. The second-order valence-corrected chi connectivity index (χ2v) is 4.59. The minimum absolute atomic E-state index is 0.631. The molecule has 2 rings (SSSR count). The van der Waals surface area contributed by atoms with Crippen LogP contribution in [0.15, 0.2) is 4.99 Å². The van der Waals surface area contributed by atoms with Crippen LogP contribution in [0.4, 0.5) is 0 Å². The van der Waals surface area contributed by atoms with Gasteiger partial charge in [0, 0.05) is 17.5 Å². The standard InChI is InChI=1S/C12H20N2/c13-10-6-8-12(9-7-10)14-11-4-2-1-3-5-11/h11,13H,1-9H2. The summed E-state index contributed by atoms with van der Waals surface area (Å²) in [6.07, 6.45) is 10.8. The van der Waals surface area contributed by atoms with Crippen LogP contribution < -0.4 is 0 Å². The van der Waals surface area contributed by atoms with Crippen molar-refractivity contribution in [2.75, 3.05) is 0 Å². The van der Waals surface area contributed by atoms with E-state index in [1.807, 2.05) is 0 Å². The van der Waals surface area contributed by atoms with E-state index < -0.39 is 0 Å². The topological polar surface area (TPSA) is 36.2 Å². The Labute approximate surface area is 86.3 Å². The van der Waals surface area contributed by atoms with Crippen molar-refractivity contribution >= 4 is 11.4 Å². The summed E-state index contributed by atoms with van der Waals surface area (Å²) in [7, 11) is 0. The molecule has 0 amide bonds. The van der Waals surface area contributed by atoms with Gasteiger partial charge in [0.05, 0.1) is 0 Å². The summed E-state index contributed by atoms with van der Waals surface area (Å²) in [6.45, 7) is 0.